The van der Waals surface area contributed by atoms with Gasteiger partial charge >= 0.3 is 5.97 Å². The van der Waals surface area contributed by atoms with E-state index in [0.29, 0.717) is 0 Å². The smallest absolute Gasteiger partial charge is 0.303 e. The van der Waals surface area contributed by atoms with Gasteiger partial charge < -0.3 is 14.6 Å². The molecule has 1 aliphatic heterocycles. The van der Waals surface area contributed by atoms with Gasteiger partial charge in [0, 0.05) is 13.3 Å². The van der Waals surface area contributed by atoms with Crippen LogP contribution in [-0.4, -0.2) is 40.3 Å². The van der Waals surface area contributed by atoms with Crippen LogP contribution in [0.5, 0.6) is 0 Å². The molecule has 3 fully saturated rings. The van der Waals surface area contributed by atoms with E-state index in [2.05, 4.69) is 27.4 Å². The Balaban J connectivity index is 2.20. The van der Waals surface area contributed by atoms with Gasteiger partial charge in [0.2, 0.25) is 0 Å². The van der Waals surface area contributed by atoms with Gasteiger partial charge in [-0.15, -0.1) is 6.58 Å². The van der Waals surface area contributed by atoms with Crippen molar-refractivity contribution in [2.45, 2.75) is 90.6 Å². The Hall–Kier alpha value is -1.20. The zero-order chi connectivity index (χ0) is 20.4. The predicted molar refractivity (Wildman–Crippen MR) is 102 cm³/mol. The summed E-state index contributed by atoms with van der Waals surface area (Å²) in [6.45, 7) is 15.2. The molecule has 1 heterocycles. The summed E-state index contributed by atoms with van der Waals surface area (Å²) in [5.41, 5.74) is -2.51. The van der Waals surface area contributed by atoms with Crippen molar-refractivity contribution in [3.8, 4) is 0 Å². The molecule has 1 saturated heterocycles. The number of carbonyl (C=O) groups is 2. The summed E-state index contributed by atoms with van der Waals surface area (Å²) < 4.78 is 12.1. The van der Waals surface area contributed by atoms with Gasteiger partial charge in [-0.05, 0) is 43.4 Å². The first kappa shape index (κ1) is 20.5. The molecule has 0 radical (unpaired) electrons. The van der Waals surface area contributed by atoms with Crippen molar-refractivity contribution in [1.29, 1.82) is 0 Å². The average molecular weight is 379 g/mol. The molecule has 5 heteroatoms. The molecule has 0 amide bonds. The third-order valence-electron chi connectivity index (χ3n) is 7.56. The van der Waals surface area contributed by atoms with Gasteiger partial charge in [-0.3, -0.25) is 9.59 Å². The Labute approximate surface area is 162 Å². The minimum atomic E-state index is -1.10. The molecule has 0 bridgehead atoms. The van der Waals surface area contributed by atoms with Gasteiger partial charge in [0.15, 0.2) is 6.10 Å². The average Bonchev–Trinajstić information content (AvgIpc) is 2.49. The summed E-state index contributed by atoms with van der Waals surface area (Å²) in [6, 6.07) is 0. The molecule has 1 N–H and O–H groups in total. The summed E-state index contributed by atoms with van der Waals surface area (Å²) in [6.07, 6.45) is 2.94. The van der Waals surface area contributed by atoms with E-state index in [1.54, 1.807) is 6.08 Å². The third kappa shape index (κ3) is 2.89. The van der Waals surface area contributed by atoms with E-state index >= 15 is 0 Å². The maximum absolute atomic E-state index is 13.5. The molecular formula is C22H34O5. The zero-order valence-electron chi connectivity index (χ0n) is 17.5. The van der Waals surface area contributed by atoms with Crippen molar-refractivity contribution in [2.24, 2.45) is 22.7 Å². The van der Waals surface area contributed by atoms with Crippen LogP contribution >= 0.6 is 0 Å². The quantitative estimate of drug-likeness (QED) is 0.589. The van der Waals surface area contributed by atoms with Crippen LogP contribution < -0.4 is 0 Å². The Bertz CT molecular complexity index is 670. The summed E-state index contributed by atoms with van der Waals surface area (Å²) in [5.74, 6) is -0.948. The predicted octanol–water partition coefficient (Wildman–Crippen LogP) is 3.43. The molecule has 3 aliphatic rings. The maximum atomic E-state index is 13.5. The van der Waals surface area contributed by atoms with Crippen molar-refractivity contribution < 1.29 is 24.2 Å². The van der Waals surface area contributed by atoms with E-state index in [9.17, 15) is 14.7 Å². The second-order valence-corrected chi connectivity index (χ2v) is 10.2. The first-order valence-electron chi connectivity index (χ1n) is 10.0. The second kappa shape index (κ2) is 6.15. The van der Waals surface area contributed by atoms with Crippen molar-refractivity contribution in [3.05, 3.63) is 12.7 Å². The Morgan fingerprint density at radius 1 is 1.26 bits per heavy atom. The van der Waals surface area contributed by atoms with Crippen LogP contribution in [0, 0.1) is 22.7 Å². The lowest BCUT2D eigenvalue weighted by molar-refractivity contribution is -0.307. The molecule has 152 valence electrons. The lowest BCUT2D eigenvalue weighted by Gasteiger charge is -2.67. The summed E-state index contributed by atoms with van der Waals surface area (Å²) in [5, 5.41) is 11.5. The van der Waals surface area contributed by atoms with E-state index < -0.39 is 40.7 Å². The van der Waals surface area contributed by atoms with Gasteiger partial charge in [0.05, 0.1) is 17.6 Å². The highest BCUT2D eigenvalue weighted by atomic mass is 16.6. The number of ether oxygens (including phenoxy) is 2. The molecule has 3 rings (SSSR count). The molecule has 7 atom stereocenters. The lowest BCUT2D eigenvalue weighted by atomic mass is 9.42. The minimum Gasteiger partial charge on any atom is -0.457 e. The molecule has 0 aromatic heterocycles. The monoisotopic (exact) mass is 378 g/mol. The number of esters is 1. The van der Waals surface area contributed by atoms with Crippen molar-refractivity contribution in [2.75, 3.05) is 0 Å². The number of aliphatic hydroxyl groups excluding tert-OH is 1. The molecule has 0 aromatic rings. The fourth-order valence-electron chi connectivity index (χ4n) is 6.91. The number of Topliss-reactive ketones (excluding diaryl/α,β-unsaturated/α-hetero) is 1. The summed E-state index contributed by atoms with van der Waals surface area (Å²) in [4.78, 5) is 25.4. The molecule has 0 unspecified atom stereocenters. The van der Waals surface area contributed by atoms with Crippen molar-refractivity contribution in [1.82, 2.24) is 0 Å². The normalized spacial score (nSPS) is 48.9. The molecule has 0 spiro atoms. The fraction of sp³-hybridized carbons (Fsp3) is 0.818. The van der Waals surface area contributed by atoms with Gasteiger partial charge in [-0.1, -0.05) is 33.3 Å². The highest BCUT2D eigenvalue weighted by Gasteiger charge is 2.71. The lowest BCUT2D eigenvalue weighted by Crippen LogP contribution is -2.75. The zero-order valence-corrected chi connectivity index (χ0v) is 17.5. The van der Waals surface area contributed by atoms with Crippen molar-refractivity contribution in [3.63, 3.8) is 0 Å². The van der Waals surface area contributed by atoms with Crippen LogP contribution in [0.25, 0.3) is 0 Å². The molecule has 2 aliphatic carbocycles. The summed E-state index contributed by atoms with van der Waals surface area (Å²) >= 11 is 0. The number of carbonyl (C=O) groups excluding carboxylic acids is 2. The minimum absolute atomic E-state index is 0.111. The third-order valence-corrected chi connectivity index (χ3v) is 7.56. The summed E-state index contributed by atoms with van der Waals surface area (Å²) in [7, 11) is 0. The number of fused-ring (bicyclic) bond motifs is 3. The molecular weight excluding hydrogens is 344 g/mol. The second-order valence-electron chi connectivity index (χ2n) is 10.2. The molecule has 5 nitrogen and oxygen atoms in total. The first-order chi connectivity index (χ1) is 12.3. The first-order valence-corrected chi connectivity index (χ1v) is 10.0. The number of hydrogen-bond acceptors (Lipinski definition) is 5. The number of ketones is 1. The van der Waals surface area contributed by atoms with Gasteiger partial charge in [0.25, 0.3) is 0 Å². The van der Waals surface area contributed by atoms with Gasteiger partial charge in [0.1, 0.15) is 11.4 Å². The van der Waals surface area contributed by atoms with E-state index in [4.69, 9.17) is 9.47 Å². The molecule has 2 saturated carbocycles. The molecule has 27 heavy (non-hydrogen) atoms. The topological polar surface area (TPSA) is 72.8 Å². The van der Waals surface area contributed by atoms with Crippen molar-refractivity contribution >= 4 is 11.8 Å². The Kier molecular flexibility index (Phi) is 4.68. The van der Waals surface area contributed by atoms with E-state index in [-0.39, 0.29) is 23.5 Å². The van der Waals surface area contributed by atoms with E-state index in [1.165, 1.54) is 6.92 Å². The standard InChI is InChI=1S/C22H34O5/c1-8-20(5)12-14(24)16-21(6)11-9-10-19(3,4)17(21)15(25)18(26-13(2)23)22(16,7)27-20/h8,15-18,25H,1,9-12H2,2-7H3/t15-,16-,17+,18-,20-,21+,22-/m0/s1. The Morgan fingerprint density at radius 2 is 1.89 bits per heavy atom. The number of rotatable bonds is 2. The molecule has 0 aromatic carbocycles. The highest BCUT2D eigenvalue weighted by molar-refractivity contribution is 5.86. The SMILES string of the molecule is C=C[C@@]1(C)CC(=O)[C@H]2[C@@]3(C)CCCC(C)(C)[C@H]3[C@H](O)[C@H](OC(C)=O)[C@@]2(C)O1. The number of aliphatic hydroxyl groups is 1. The van der Waals surface area contributed by atoms with Crippen LogP contribution in [0.3, 0.4) is 0 Å². The highest BCUT2D eigenvalue weighted by Crippen LogP contribution is 2.65. The fourth-order valence-corrected chi connectivity index (χ4v) is 6.91. The van der Waals surface area contributed by atoms with E-state index in [0.717, 1.165) is 19.3 Å². The van der Waals surface area contributed by atoms with Crippen LogP contribution in [-0.2, 0) is 19.1 Å². The number of hydrogen-bond donors (Lipinski definition) is 1. The largest absolute Gasteiger partial charge is 0.457 e. The van der Waals surface area contributed by atoms with E-state index in [1.807, 2.05) is 13.8 Å². The van der Waals surface area contributed by atoms with Crippen LogP contribution in [0.1, 0.15) is 67.2 Å². The van der Waals surface area contributed by atoms with Gasteiger partial charge in [-0.25, -0.2) is 0 Å². The van der Waals surface area contributed by atoms with Gasteiger partial charge in [-0.2, -0.15) is 0 Å². The Morgan fingerprint density at radius 3 is 2.44 bits per heavy atom. The van der Waals surface area contributed by atoms with Crippen LogP contribution in [0.4, 0.5) is 0 Å². The maximum Gasteiger partial charge on any atom is 0.303 e. The van der Waals surface area contributed by atoms with Crippen LogP contribution in [0.15, 0.2) is 12.7 Å². The van der Waals surface area contributed by atoms with Crippen LogP contribution in [0.2, 0.25) is 0 Å².